The lowest BCUT2D eigenvalue weighted by atomic mass is 10.1. The zero-order chi connectivity index (χ0) is 21.6. The molecule has 1 atom stereocenters. The van der Waals surface area contributed by atoms with Gasteiger partial charge in [0, 0.05) is 25.3 Å². The van der Waals surface area contributed by atoms with Crippen LogP contribution in [0.4, 0.5) is 28.9 Å². The molecule has 7 nitrogen and oxygen atoms in total. The second-order valence-corrected chi connectivity index (χ2v) is 5.91. The van der Waals surface area contributed by atoms with Crippen molar-refractivity contribution in [1.82, 2.24) is 5.32 Å². The van der Waals surface area contributed by atoms with Gasteiger partial charge in [-0.2, -0.15) is 13.2 Å². The molecule has 0 radical (unpaired) electrons. The number of nitrogens with one attached hydrogen (secondary N) is 2. The summed E-state index contributed by atoms with van der Waals surface area (Å²) in [7, 11) is 1.45. The first-order valence-corrected chi connectivity index (χ1v) is 8.27. The molecule has 0 bridgehead atoms. The van der Waals surface area contributed by atoms with Crippen molar-refractivity contribution in [2.75, 3.05) is 25.6 Å². The third-order valence-corrected chi connectivity index (χ3v) is 3.88. The number of nitrogens with zero attached hydrogens (tertiary/aromatic N) is 1. The Balaban J connectivity index is 2.28. The Bertz CT molecular complexity index is 872. The van der Waals surface area contributed by atoms with Gasteiger partial charge in [-0.15, -0.1) is 0 Å². The fraction of sp³-hybridized carbons (Fsp3) is 0.278. The highest BCUT2D eigenvalue weighted by Gasteiger charge is 2.42. The summed E-state index contributed by atoms with van der Waals surface area (Å²) in [6.07, 6.45) is -4.86. The lowest BCUT2D eigenvalue weighted by Crippen LogP contribution is -2.38. The van der Waals surface area contributed by atoms with Crippen molar-refractivity contribution >= 4 is 17.3 Å². The van der Waals surface area contributed by atoms with Gasteiger partial charge in [-0.1, -0.05) is 12.1 Å². The largest absolute Gasteiger partial charge is 0.412 e. The number of nitro benzene ring substituents is 1. The highest BCUT2D eigenvalue weighted by molar-refractivity contribution is 5.96. The molecule has 0 saturated heterocycles. The molecule has 0 aliphatic heterocycles. The number of halogens is 4. The van der Waals surface area contributed by atoms with Crippen LogP contribution < -0.4 is 10.6 Å². The molecule has 11 heteroatoms. The number of carbonyl (C=O) groups excluding carboxylic acids is 1. The molecule has 1 unspecified atom stereocenters. The zero-order valence-corrected chi connectivity index (χ0v) is 15.1. The molecule has 0 saturated carbocycles. The van der Waals surface area contributed by atoms with Crippen LogP contribution in [0.25, 0.3) is 0 Å². The van der Waals surface area contributed by atoms with Crippen LogP contribution in [0.3, 0.4) is 0 Å². The molecule has 0 fully saturated rings. The number of alkyl halides is 3. The van der Waals surface area contributed by atoms with Crippen molar-refractivity contribution in [3.63, 3.8) is 0 Å². The van der Waals surface area contributed by atoms with E-state index in [9.17, 15) is 32.5 Å². The summed E-state index contributed by atoms with van der Waals surface area (Å²) in [6.45, 7) is 0.522. The number of benzene rings is 2. The minimum Gasteiger partial charge on any atom is -0.383 e. The number of methoxy groups -OCH3 is 1. The molecule has 0 heterocycles. The van der Waals surface area contributed by atoms with E-state index in [-0.39, 0.29) is 30.0 Å². The second kappa shape index (κ2) is 9.32. The van der Waals surface area contributed by atoms with Crippen LogP contribution in [0.15, 0.2) is 42.5 Å². The smallest absolute Gasteiger partial charge is 0.383 e. The van der Waals surface area contributed by atoms with E-state index in [2.05, 4.69) is 5.32 Å². The second-order valence-electron chi connectivity index (χ2n) is 5.91. The number of amides is 1. The summed E-state index contributed by atoms with van der Waals surface area (Å²) in [6, 6.07) is 4.34. The molecule has 2 N–H and O–H groups in total. The van der Waals surface area contributed by atoms with Gasteiger partial charge in [-0.3, -0.25) is 14.9 Å². The van der Waals surface area contributed by atoms with E-state index >= 15 is 0 Å². The van der Waals surface area contributed by atoms with Crippen molar-refractivity contribution in [2.24, 2.45) is 0 Å². The number of rotatable bonds is 8. The van der Waals surface area contributed by atoms with Crippen molar-refractivity contribution in [3.8, 4) is 0 Å². The van der Waals surface area contributed by atoms with Gasteiger partial charge >= 0.3 is 6.18 Å². The summed E-state index contributed by atoms with van der Waals surface area (Å²) in [5.74, 6) is -1.89. The van der Waals surface area contributed by atoms with Crippen molar-refractivity contribution in [1.29, 1.82) is 0 Å². The minimum atomic E-state index is -4.86. The number of ether oxygens (including phenoxy) is 1. The Morgan fingerprint density at radius 2 is 1.86 bits per heavy atom. The maximum Gasteiger partial charge on any atom is 0.412 e. The van der Waals surface area contributed by atoms with Crippen LogP contribution in [0.5, 0.6) is 0 Å². The molecule has 0 aliphatic rings. The van der Waals surface area contributed by atoms with Crippen LogP contribution in [-0.2, 0) is 4.74 Å². The Labute approximate surface area is 162 Å². The van der Waals surface area contributed by atoms with Crippen LogP contribution in [0, 0.1) is 15.9 Å². The van der Waals surface area contributed by atoms with E-state index in [1.165, 1.54) is 13.2 Å². The SMILES string of the molecule is COCCNc1ccc(C(=O)NC(c2ccc(F)cc2)C(F)(F)F)cc1[N+](=O)[O-]. The van der Waals surface area contributed by atoms with E-state index in [1.807, 2.05) is 0 Å². The van der Waals surface area contributed by atoms with Gasteiger partial charge in [-0.05, 0) is 29.8 Å². The lowest BCUT2D eigenvalue weighted by Gasteiger charge is -2.22. The highest BCUT2D eigenvalue weighted by Crippen LogP contribution is 2.33. The monoisotopic (exact) mass is 415 g/mol. The number of hydrogen-bond donors (Lipinski definition) is 2. The normalized spacial score (nSPS) is 12.3. The highest BCUT2D eigenvalue weighted by atomic mass is 19.4. The van der Waals surface area contributed by atoms with Gasteiger partial charge in [0.15, 0.2) is 6.04 Å². The number of anilines is 1. The van der Waals surface area contributed by atoms with Gasteiger partial charge in [0.25, 0.3) is 11.6 Å². The predicted molar refractivity (Wildman–Crippen MR) is 96.1 cm³/mol. The molecule has 2 aromatic rings. The van der Waals surface area contributed by atoms with Gasteiger partial charge < -0.3 is 15.4 Å². The number of carbonyl (C=O) groups is 1. The summed E-state index contributed by atoms with van der Waals surface area (Å²) in [4.78, 5) is 22.8. The van der Waals surface area contributed by atoms with E-state index in [0.717, 1.165) is 36.4 Å². The quantitative estimate of drug-likeness (QED) is 0.296. The van der Waals surface area contributed by atoms with Crippen LogP contribution in [0.1, 0.15) is 22.0 Å². The average Bonchev–Trinajstić information content (AvgIpc) is 2.66. The van der Waals surface area contributed by atoms with Gasteiger partial charge in [0.1, 0.15) is 11.5 Å². The predicted octanol–water partition coefficient (Wildman–Crippen LogP) is 3.83. The summed E-state index contributed by atoms with van der Waals surface area (Å²) in [5.41, 5.74) is -1.08. The first-order chi connectivity index (χ1) is 13.6. The molecular formula is C18H17F4N3O4. The molecule has 0 aromatic heterocycles. The third kappa shape index (κ3) is 5.88. The molecule has 2 rings (SSSR count). The third-order valence-electron chi connectivity index (χ3n) is 3.88. The Morgan fingerprint density at radius 1 is 1.21 bits per heavy atom. The van der Waals surface area contributed by atoms with Crippen molar-refractivity contribution in [3.05, 3.63) is 69.5 Å². The first-order valence-electron chi connectivity index (χ1n) is 8.27. The molecule has 2 aromatic carbocycles. The van der Waals surface area contributed by atoms with E-state index in [1.54, 1.807) is 5.32 Å². The van der Waals surface area contributed by atoms with Gasteiger partial charge in [0.05, 0.1) is 11.5 Å². The fourth-order valence-corrected chi connectivity index (χ4v) is 2.48. The lowest BCUT2D eigenvalue weighted by molar-refractivity contribution is -0.384. The van der Waals surface area contributed by atoms with E-state index < -0.39 is 34.6 Å². The van der Waals surface area contributed by atoms with Crippen molar-refractivity contribution in [2.45, 2.75) is 12.2 Å². The molecule has 29 heavy (non-hydrogen) atoms. The van der Waals surface area contributed by atoms with Crippen LogP contribution >= 0.6 is 0 Å². The molecule has 0 spiro atoms. The van der Waals surface area contributed by atoms with E-state index in [0.29, 0.717) is 0 Å². The minimum absolute atomic E-state index is 0.0921. The molecule has 0 aliphatic carbocycles. The summed E-state index contributed by atoms with van der Waals surface area (Å²) in [5, 5.41) is 15.8. The summed E-state index contributed by atoms with van der Waals surface area (Å²) < 4.78 is 58.0. The van der Waals surface area contributed by atoms with Crippen LogP contribution in [0.2, 0.25) is 0 Å². The molecular weight excluding hydrogens is 398 g/mol. The van der Waals surface area contributed by atoms with E-state index in [4.69, 9.17) is 4.74 Å². The maximum atomic E-state index is 13.4. The Morgan fingerprint density at radius 3 is 2.41 bits per heavy atom. The Hall–Kier alpha value is -3.21. The first kappa shape index (κ1) is 22.1. The van der Waals surface area contributed by atoms with Gasteiger partial charge in [0.2, 0.25) is 0 Å². The fourth-order valence-electron chi connectivity index (χ4n) is 2.48. The Kier molecular flexibility index (Phi) is 7.10. The van der Waals surface area contributed by atoms with Crippen LogP contribution in [-0.4, -0.2) is 37.3 Å². The summed E-state index contributed by atoms with van der Waals surface area (Å²) >= 11 is 0. The standard InChI is InChI=1S/C18H17F4N3O4/c1-29-9-8-23-14-7-4-12(10-15(14)25(27)28)17(26)24-16(18(20,21)22)11-2-5-13(19)6-3-11/h2-7,10,16,23H,8-9H2,1H3,(H,24,26). The maximum absolute atomic E-state index is 13.4. The topological polar surface area (TPSA) is 93.5 Å². The zero-order valence-electron chi connectivity index (χ0n) is 15.1. The van der Waals surface area contributed by atoms with Crippen molar-refractivity contribution < 1.29 is 32.0 Å². The van der Waals surface area contributed by atoms with Gasteiger partial charge in [-0.25, -0.2) is 4.39 Å². The average molecular weight is 415 g/mol. The number of nitro groups is 1. The molecule has 156 valence electrons. The number of hydrogen-bond acceptors (Lipinski definition) is 5. The molecule has 1 amide bonds.